The average molecular weight is 258 g/mol. The van der Waals surface area contributed by atoms with Crippen molar-refractivity contribution < 1.29 is 8.42 Å². The number of rotatable bonds is 3. The number of sulfonamides is 1. The highest BCUT2D eigenvalue weighted by molar-refractivity contribution is 7.89. The van der Waals surface area contributed by atoms with E-state index in [-0.39, 0.29) is 10.9 Å². The second-order valence-electron chi connectivity index (χ2n) is 4.34. The first-order chi connectivity index (χ1) is 8.04. The monoisotopic (exact) mass is 258 g/mol. The van der Waals surface area contributed by atoms with Gasteiger partial charge in [0.1, 0.15) is 4.90 Å². The van der Waals surface area contributed by atoms with E-state index in [9.17, 15) is 8.42 Å². The Kier molecular flexibility index (Phi) is 3.50. The molecule has 1 fully saturated rings. The second-order valence-corrected chi connectivity index (χ2v) is 6.28. The second kappa shape index (κ2) is 4.75. The van der Waals surface area contributed by atoms with Gasteiger partial charge in [0, 0.05) is 32.4 Å². The molecule has 0 aliphatic carbocycles. The van der Waals surface area contributed by atoms with Crippen LogP contribution in [0.5, 0.6) is 0 Å². The van der Waals surface area contributed by atoms with Gasteiger partial charge in [0.2, 0.25) is 10.0 Å². The number of likely N-dealkylation sites (N-methyl/N-ethyl adjacent to an activating group) is 1. The molecule has 96 valence electrons. The Morgan fingerprint density at radius 2 is 2.29 bits per heavy atom. The quantitative estimate of drug-likeness (QED) is 0.815. The summed E-state index contributed by atoms with van der Waals surface area (Å²) in [5, 5.41) is 7.05. The average Bonchev–Trinajstić information content (AvgIpc) is 2.76. The number of hydrogen-bond acceptors (Lipinski definition) is 4. The fourth-order valence-electron chi connectivity index (χ4n) is 2.08. The van der Waals surface area contributed by atoms with Crippen LogP contribution in [0.1, 0.15) is 12.8 Å². The minimum atomic E-state index is -3.37. The summed E-state index contributed by atoms with van der Waals surface area (Å²) in [7, 11) is 0.206. The number of aromatic nitrogens is 2. The molecule has 1 aromatic heterocycles. The van der Waals surface area contributed by atoms with Gasteiger partial charge in [-0.1, -0.05) is 0 Å². The van der Waals surface area contributed by atoms with E-state index in [0.717, 1.165) is 12.8 Å². The third-order valence-electron chi connectivity index (χ3n) is 3.11. The fourth-order valence-corrected chi connectivity index (χ4v) is 3.59. The van der Waals surface area contributed by atoms with Crippen LogP contribution in [0, 0.1) is 0 Å². The zero-order valence-corrected chi connectivity index (χ0v) is 10.9. The van der Waals surface area contributed by atoms with Crippen LogP contribution < -0.4 is 5.32 Å². The fraction of sp³-hybridized carbons (Fsp3) is 0.700. The highest BCUT2D eigenvalue weighted by atomic mass is 32.2. The summed E-state index contributed by atoms with van der Waals surface area (Å²) in [6, 6.07) is 0.246. The van der Waals surface area contributed by atoms with E-state index in [1.807, 2.05) is 7.05 Å². The van der Waals surface area contributed by atoms with Crippen molar-refractivity contribution in [2.24, 2.45) is 7.05 Å². The van der Waals surface area contributed by atoms with Crippen LogP contribution in [-0.2, 0) is 17.1 Å². The molecule has 0 saturated carbocycles. The molecule has 1 saturated heterocycles. The minimum absolute atomic E-state index is 0.246. The third kappa shape index (κ3) is 2.51. The van der Waals surface area contributed by atoms with Gasteiger partial charge >= 0.3 is 0 Å². The van der Waals surface area contributed by atoms with E-state index in [4.69, 9.17) is 0 Å². The van der Waals surface area contributed by atoms with Gasteiger partial charge in [-0.15, -0.1) is 0 Å². The number of nitrogens with one attached hydrogen (secondary N) is 1. The molecule has 0 bridgehead atoms. The molecule has 0 unspecified atom stereocenters. The molecule has 1 aliphatic rings. The van der Waals surface area contributed by atoms with E-state index >= 15 is 0 Å². The first-order valence-electron chi connectivity index (χ1n) is 5.70. The molecule has 0 aromatic carbocycles. The topological polar surface area (TPSA) is 67.2 Å². The SMILES string of the molecule is CN[C@H]1CCCN(S(=O)(=O)c2cnn(C)c2)C1. The van der Waals surface area contributed by atoms with Crippen molar-refractivity contribution in [1.29, 1.82) is 0 Å². The maximum absolute atomic E-state index is 12.3. The molecular weight excluding hydrogens is 240 g/mol. The van der Waals surface area contributed by atoms with E-state index in [0.29, 0.717) is 13.1 Å². The largest absolute Gasteiger partial charge is 0.316 e. The Bertz CT molecular complexity index is 482. The van der Waals surface area contributed by atoms with Crippen LogP contribution in [0.3, 0.4) is 0 Å². The zero-order chi connectivity index (χ0) is 12.5. The van der Waals surface area contributed by atoms with Crippen LogP contribution in [0.15, 0.2) is 17.3 Å². The number of nitrogens with zero attached hydrogens (tertiary/aromatic N) is 3. The van der Waals surface area contributed by atoms with Gasteiger partial charge in [-0.3, -0.25) is 4.68 Å². The van der Waals surface area contributed by atoms with Crippen LogP contribution >= 0.6 is 0 Å². The van der Waals surface area contributed by atoms with Crippen molar-refractivity contribution in [3.05, 3.63) is 12.4 Å². The summed E-state index contributed by atoms with van der Waals surface area (Å²) < 4.78 is 27.7. The van der Waals surface area contributed by atoms with E-state index in [2.05, 4.69) is 10.4 Å². The van der Waals surface area contributed by atoms with Crippen molar-refractivity contribution in [2.45, 2.75) is 23.8 Å². The van der Waals surface area contributed by atoms with Crippen molar-refractivity contribution >= 4 is 10.0 Å². The lowest BCUT2D eigenvalue weighted by Gasteiger charge is -2.31. The minimum Gasteiger partial charge on any atom is -0.316 e. The lowest BCUT2D eigenvalue weighted by atomic mass is 10.1. The molecule has 2 rings (SSSR count). The van der Waals surface area contributed by atoms with Crippen LogP contribution in [-0.4, -0.2) is 48.7 Å². The third-order valence-corrected chi connectivity index (χ3v) is 4.93. The maximum atomic E-state index is 12.3. The predicted molar refractivity (Wildman–Crippen MR) is 64.0 cm³/mol. The van der Waals surface area contributed by atoms with Gasteiger partial charge in [-0.25, -0.2) is 8.42 Å². The highest BCUT2D eigenvalue weighted by Gasteiger charge is 2.30. The Balaban J connectivity index is 2.21. The van der Waals surface area contributed by atoms with Crippen molar-refractivity contribution in [1.82, 2.24) is 19.4 Å². The van der Waals surface area contributed by atoms with Gasteiger partial charge in [0.25, 0.3) is 0 Å². The summed E-state index contributed by atoms with van der Waals surface area (Å²) in [6.45, 7) is 1.13. The Morgan fingerprint density at radius 1 is 1.53 bits per heavy atom. The molecular formula is C10H18N4O2S. The summed E-state index contributed by atoms with van der Waals surface area (Å²) >= 11 is 0. The van der Waals surface area contributed by atoms with E-state index in [1.54, 1.807) is 13.2 Å². The zero-order valence-electron chi connectivity index (χ0n) is 10.1. The number of hydrogen-bond donors (Lipinski definition) is 1. The van der Waals surface area contributed by atoms with Gasteiger partial charge in [0.15, 0.2) is 0 Å². The standard InChI is InChI=1S/C10H18N4O2S/c1-11-9-4-3-5-14(7-9)17(15,16)10-6-12-13(2)8-10/h6,8-9,11H,3-5,7H2,1-2H3/t9-/m0/s1. The summed E-state index contributed by atoms with van der Waals surface area (Å²) in [5.74, 6) is 0. The van der Waals surface area contributed by atoms with Gasteiger partial charge in [-0.05, 0) is 19.9 Å². The highest BCUT2D eigenvalue weighted by Crippen LogP contribution is 2.19. The molecule has 2 heterocycles. The predicted octanol–water partition coefficient (Wildman–Crippen LogP) is -0.207. The molecule has 1 aromatic rings. The van der Waals surface area contributed by atoms with Crippen molar-refractivity contribution in [2.75, 3.05) is 20.1 Å². The molecule has 0 amide bonds. The smallest absolute Gasteiger partial charge is 0.246 e. The Hall–Kier alpha value is -0.920. The van der Waals surface area contributed by atoms with Crippen LogP contribution in [0.25, 0.3) is 0 Å². The Morgan fingerprint density at radius 3 is 2.88 bits per heavy atom. The number of piperidine rings is 1. The van der Waals surface area contributed by atoms with Crippen LogP contribution in [0.2, 0.25) is 0 Å². The number of aryl methyl sites for hydroxylation is 1. The molecule has 17 heavy (non-hydrogen) atoms. The summed E-state index contributed by atoms with van der Waals surface area (Å²) in [6.07, 6.45) is 4.86. The molecule has 0 spiro atoms. The van der Waals surface area contributed by atoms with Crippen molar-refractivity contribution in [3.63, 3.8) is 0 Å². The van der Waals surface area contributed by atoms with Gasteiger partial charge < -0.3 is 5.32 Å². The Labute approximate surface area is 102 Å². The lowest BCUT2D eigenvalue weighted by molar-refractivity contribution is 0.293. The van der Waals surface area contributed by atoms with Gasteiger partial charge in [-0.2, -0.15) is 9.40 Å². The molecule has 6 nitrogen and oxygen atoms in total. The summed E-state index contributed by atoms with van der Waals surface area (Å²) in [5.41, 5.74) is 0. The van der Waals surface area contributed by atoms with E-state index in [1.165, 1.54) is 15.2 Å². The normalized spacial score (nSPS) is 22.8. The molecule has 0 radical (unpaired) electrons. The molecule has 1 N–H and O–H groups in total. The van der Waals surface area contributed by atoms with Gasteiger partial charge in [0.05, 0.1) is 6.20 Å². The first kappa shape index (κ1) is 12.5. The van der Waals surface area contributed by atoms with Crippen molar-refractivity contribution in [3.8, 4) is 0 Å². The molecule has 1 aliphatic heterocycles. The molecule has 7 heteroatoms. The maximum Gasteiger partial charge on any atom is 0.246 e. The van der Waals surface area contributed by atoms with Crippen LogP contribution in [0.4, 0.5) is 0 Å². The first-order valence-corrected chi connectivity index (χ1v) is 7.14. The molecule has 1 atom stereocenters. The lowest BCUT2D eigenvalue weighted by Crippen LogP contribution is -2.46. The summed E-state index contributed by atoms with van der Waals surface area (Å²) in [4.78, 5) is 0.275. The van der Waals surface area contributed by atoms with E-state index < -0.39 is 10.0 Å².